The van der Waals surface area contributed by atoms with E-state index in [0.29, 0.717) is 29.2 Å². The minimum atomic E-state index is -0.680. The molecule has 0 saturated heterocycles. The Kier molecular flexibility index (Phi) is 5.99. The topological polar surface area (TPSA) is 67.9 Å². The lowest BCUT2D eigenvalue weighted by Crippen LogP contribution is -2.46. The van der Waals surface area contributed by atoms with Gasteiger partial charge >= 0.3 is 12.0 Å². The quantitative estimate of drug-likeness (QED) is 0.775. The number of nitrogens with one attached hydrogen (secondary N) is 1. The van der Waals surface area contributed by atoms with Gasteiger partial charge in [-0.2, -0.15) is 0 Å². The fourth-order valence-electron chi connectivity index (χ4n) is 3.32. The zero-order valence-electron chi connectivity index (χ0n) is 16.3. The minimum absolute atomic E-state index is 0.238. The number of urea groups is 1. The van der Waals surface area contributed by atoms with Gasteiger partial charge in [0, 0.05) is 12.6 Å². The van der Waals surface area contributed by atoms with Gasteiger partial charge in [0.25, 0.3) is 0 Å². The number of rotatable bonds is 6. The van der Waals surface area contributed by atoms with Crippen LogP contribution in [0.2, 0.25) is 0 Å². The first-order valence-electron chi connectivity index (χ1n) is 9.31. The molecule has 0 radical (unpaired) electrons. The Morgan fingerprint density at radius 1 is 1.04 bits per heavy atom. The highest BCUT2D eigenvalue weighted by molar-refractivity contribution is 6.04. The van der Waals surface area contributed by atoms with E-state index in [1.165, 1.54) is 4.90 Å². The van der Waals surface area contributed by atoms with E-state index in [4.69, 9.17) is 9.47 Å². The Morgan fingerprint density at radius 2 is 1.71 bits per heavy atom. The predicted octanol–water partition coefficient (Wildman–Crippen LogP) is 3.76. The monoisotopic (exact) mass is 380 g/mol. The van der Waals surface area contributed by atoms with Crippen LogP contribution >= 0.6 is 0 Å². The summed E-state index contributed by atoms with van der Waals surface area (Å²) in [5.41, 5.74) is 2.38. The summed E-state index contributed by atoms with van der Waals surface area (Å²) in [5.74, 6) is 0.151. The lowest BCUT2D eigenvalue weighted by Gasteiger charge is -2.35. The number of para-hydroxylation sites is 1. The van der Waals surface area contributed by atoms with Gasteiger partial charge in [-0.1, -0.05) is 48.5 Å². The normalized spacial score (nSPS) is 16.6. The van der Waals surface area contributed by atoms with Crippen LogP contribution in [0.3, 0.4) is 0 Å². The molecular weight excluding hydrogens is 356 g/mol. The summed E-state index contributed by atoms with van der Waals surface area (Å²) in [6, 6.07) is 15.8. The molecule has 0 spiro atoms. The third-order valence-corrected chi connectivity index (χ3v) is 4.52. The molecule has 146 valence electrons. The molecule has 0 aliphatic carbocycles. The molecule has 0 aromatic heterocycles. The van der Waals surface area contributed by atoms with Gasteiger partial charge in [-0.15, -0.1) is 0 Å². The van der Waals surface area contributed by atoms with E-state index in [9.17, 15) is 9.59 Å². The van der Waals surface area contributed by atoms with Gasteiger partial charge in [-0.25, -0.2) is 9.59 Å². The Morgan fingerprint density at radius 3 is 2.39 bits per heavy atom. The van der Waals surface area contributed by atoms with Gasteiger partial charge in [0.2, 0.25) is 0 Å². The van der Waals surface area contributed by atoms with E-state index in [1.807, 2.05) is 61.5 Å². The molecule has 2 amide bonds. The lowest BCUT2D eigenvalue weighted by atomic mass is 9.91. The number of esters is 1. The van der Waals surface area contributed by atoms with Crippen molar-refractivity contribution in [2.24, 2.45) is 0 Å². The van der Waals surface area contributed by atoms with Crippen molar-refractivity contribution in [3.05, 3.63) is 71.3 Å². The van der Waals surface area contributed by atoms with Crippen LogP contribution in [0, 0.1) is 0 Å². The molecule has 0 bridgehead atoms. The standard InChI is InChI=1S/C22H24N2O4/c1-4-27-17-14-10-9-13-16(17)19-18(21(25)28-5-2)20(24(3)22(26)23-19)15-11-7-6-8-12-15/h6-14,19H,4-5H2,1-3H3,(H,23,26). The van der Waals surface area contributed by atoms with E-state index in [0.717, 1.165) is 5.56 Å². The summed E-state index contributed by atoms with van der Waals surface area (Å²) in [4.78, 5) is 27.2. The second-order valence-electron chi connectivity index (χ2n) is 6.26. The van der Waals surface area contributed by atoms with Crippen LogP contribution < -0.4 is 10.1 Å². The number of nitrogens with zero attached hydrogens (tertiary/aromatic N) is 1. The van der Waals surface area contributed by atoms with Gasteiger partial charge in [-0.05, 0) is 25.5 Å². The second kappa shape index (κ2) is 8.61. The van der Waals surface area contributed by atoms with Crippen LogP contribution in [0.1, 0.15) is 31.0 Å². The molecular formula is C22H24N2O4. The van der Waals surface area contributed by atoms with E-state index in [-0.39, 0.29) is 12.6 Å². The molecule has 2 aromatic carbocycles. The van der Waals surface area contributed by atoms with E-state index < -0.39 is 12.0 Å². The van der Waals surface area contributed by atoms with Crippen LogP contribution in [0.4, 0.5) is 4.79 Å². The molecule has 1 unspecified atom stereocenters. The van der Waals surface area contributed by atoms with Crippen molar-refractivity contribution in [3.63, 3.8) is 0 Å². The molecule has 3 rings (SSSR count). The van der Waals surface area contributed by atoms with Crippen molar-refractivity contribution in [2.75, 3.05) is 20.3 Å². The third-order valence-electron chi connectivity index (χ3n) is 4.52. The largest absolute Gasteiger partial charge is 0.494 e. The average molecular weight is 380 g/mol. The predicted molar refractivity (Wildman–Crippen MR) is 107 cm³/mol. The summed E-state index contributed by atoms with van der Waals surface area (Å²) in [7, 11) is 1.64. The zero-order valence-corrected chi connectivity index (χ0v) is 16.3. The fourth-order valence-corrected chi connectivity index (χ4v) is 3.32. The number of carbonyl (C=O) groups is 2. The molecule has 6 heteroatoms. The first-order valence-corrected chi connectivity index (χ1v) is 9.31. The molecule has 1 N–H and O–H groups in total. The molecule has 28 heavy (non-hydrogen) atoms. The molecule has 0 saturated carbocycles. The van der Waals surface area contributed by atoms with Crippen LogP contribution in [0.25, 0.3) is 5.70 Å². The Hall–Kier alpha value is -3.28. The summed E-state index contributed by atoms with van der Waals surface area (Å²) >= 11 is 0. The van der Waals surface area contributed by atoms with Crippen molar-refractivity contribution in [3.8, 4) is 5.75 Å². The number of carbonyl (C=O) groups excluding carboxylic acids is 2. The highest BCUT2D eigenvalue weighted by Crippen LogP contribution is 2.38. The van der Waals surface area contributed by atoms with Gasteiger partial charge in [-0.3, -0.25) is 4.90 Å². The molecule has 2 aromatic rings. The van der Waals surface area contributed by atoms with Crippen molar-refractivity contribution in [1.82, 2.24) is 10.2 Å². The number of amides is 2. The Balaban J connectivity index is 2.25. The molecule has 1 heterocycles. The first kappa shape index (κ1) is 19.5. The highest BCUT2D eigenvalue weighted by atomic mass is 16.5. The van der Waals surface area contributed by atoms with Crippen molar-refractivity contribution in [2.45, 2.75) is 19.9 Å². The molecule has 6 nitrogen and oxygen atoms in total. The number of hydrogen-bond acceptors (Lipinski definition) is 4. The number of ether oxygens (including phenoxy) is 2. The lowest BCUT2D eigenvalue weighted by molar-refractivity contribution is -0.138. The maximum absolute atomic E-state index is 13.0. The number of benzene rings is 2. The van der Waals surface area contributed by atoms with Gasteiger partial charge < -0.3 is 14.8 Å². The van der Waals surface area contributed by atoms with Crippen molar-refractivity contribution < 1.29 is 19.1 Å². The van der Waals surface area contributed by atoms with Gasteiger partial charge in [0.1, 0.15) is 5.75 Å². The van der Waals surface area contributed by atoms with Crippen molar-refractivity contribution in [1.29, 1.82) is 0 Å². The maximum Gasteiger partial charge on any atom is 0.338 e. The Bertz CT molecular complexity index is 892. The Labute approximate surface area is 164 Å². The third kappa shape index (κ3) is 3.71. The fraction of sp³-hybridized carbons (Fsp3) is 0.273. The first-order chi connectivity index (χ1) is 13.6. The molecule has 1 aliphatic heterocycles. The summed E-state index contributed by atoms with van der Waals surface area (Å²) in [6.45, 7) is 4.36. The van der Waals surface area contributed by atoms with Crippen LogP contribution in [-0.4, -0.2) is 37.2 Å². The van der Waals surface area contributed by atoms with Gasteiger partial charge in [0.15, 0.2) is 0 Å². The molecule has 0 fully saturated rings. The van der Waals surface area contributed by atoms with Crippen LogP contribution in [0.15, 0.2) is 60.2 Å². The van der Waals surface area contributed by atoms with Crippen LogP contribution in [-0.2, 0) is 9.53 Å². The highest BCUT2D eigenvalue weighted by Gasteiger charge is 2.38. The minimum Gasteiger partial charge on any atom is -0.494 e. The number of hydrogen-bond donors (Lipinski definition) is 1. The van der Waals surface area contributed by atoms with Gasteiger partial charge in [0.05, 0.1) is 30.5 Å². The summed E-state index contributed by atoms with van der Waals surface area (Å²) in [5, 5.41) is 2.92. The van der Waals surface area contributed by atoms with Crippen molar-refractivity contribution >= 4 is 17.7 Å². The van der Waals surface area contributed by atoms with E-state index >= 15 is 0 Å². The zero-order chi connectivity index (χ0) is 20.1. The SMILES string of the molecule is CCOC(=O)C1=C(c2ccccc2)N(C)C(=O)NC1c1ccccc1OCC. The average Bonchev–Trinajstić information content (AvgIpc) is 2.71. The van der Waals surface area contributed by atoms with E-state index in [1.54, 1.807) is 14.0 Å². The molecule has 1 aliphatic rings. The molecule has 1 atom stereocenters. The second-order valence-corrected chi connectivity index (χ2v) is 6.26. The summed E-state index contributed by atoms with van der Waals surface area (Å²) < 4.78 is 11.1. The van der Waals surface area contributed by atoms with E-state index in [2.05, 4.69) is 5.32 Å². The smallest absolute Gasteiger partial charge is 0.338 e. The maximum atomic E-state index is 13.0. The summed E-state index contributed by atoms with van der Waals surface area (Å²) in [6.07, 6.45) is 0. The van der Waals surface area contributed by atoms with Crippen LogP contribution in [0.5, 0.6) is 5.75 Å².